The number of nitrogens with one attached hydrogen (secondary N) is 1. The van der Waals surface area contributed by atoms with E-state index in [-0.39, 0.29) is 19.2 Å². The van der Waals surface area contributed by atoms with Crippen LogP contribution in [0.3, 0.4) is 0 Å². The fourth-order valence-electron chi connectivity index (χ4n) is 2.07. The van der Waals surface area contributed by atoms with Crippen LogP contribution in [0.25, 0.3) is 0 Å². The molecule has 1 heterocycles. The Labute approximate surface area is 100 Å². The molecular weight excluding hydrogens is 233 g/mol. The Morgan fingerprint density at radius 2 is 2.18 bits per heavy atom. The predicted octanol–water partition coefficient (Wildman–Crippen LogP) is 1.50. The zero-order valence-corrected chi connectivity index (χ0v) is 10.4. The molecule has 0 aromatic rings. The summed E-state index contributed by atoms with van der Waals surface area (Å²) in [6.45, 7) is 6.26. The van der Waals surface area contributed by atoms with Gasteiger partial charge in [0.2, 0.25) is 0 Å². The Hall–Kier alpha value is -0.330. The first-order valence-corrected chi connectivity index (χ1v) is 6.04. The molecule has 0 spiro atoms. The fraction of sp³-hybridized carbons (Fsp3) is 1.00. The van der Waals surface area contributed by atoms with Gasteiger partial charge in [-0.2, -0.15) is 13.2 Å². The molecule has 0 saturated carbocycles. The van der Waals surface area contributed by atoms with Gasteiger partial charge in [0, 0.05) is 39.3 Å². The van der Waals surface area contributed by atoms with Crippen LogP contribution in [0.5, 0.6) is 0 Å². The van der Waals surface area contributed by atoms with E-state index in [1.165, 1.54) is 0 Å². The third kappa shape index (κ3) is 5.23. The molecular formula is C11H21F3N2O. The van der Waals surface area contributed by atoms with Crippen LogP contribution in [0.2, 0.25) is 0 Å². The van der Waals surface area contributed by atoms with Crippen LogP contribution in [-0.2, 0) is 4.74 Å². The summed E-state index contributed by atoms with van der Waals surface area (Å²) in [5.41, 5.74) is 0. The Kier molecular flexibility index (Phi) is 5.69. The van der Waals surface area contributed by atoms with Crippen molar-refractivity contribution in [3.63, 3.8) is 0 Å². The van der Waals surface area contributed by atoms with Gasteiger partial charge in [0.05, 0.1) is 12.0 Å². The van der Waals surface area contributed by atoms with E-state index < -0.39 is 12.1 Å². The summed E-state index contributed by atoms with van der Waals surface area (Å²) < 4.78 is 43.4. The lowest BCUT2D eigenvalue weighted by atomic mass is 10.1. The van der Waals surface area contributed by atoms with Crippen molar-refractivity contribution in [2.75, 3.05) is 39.3 Å². The van der Waals surface area contributed by atoms with E-state index in [0.717, 1.165) is 0 Å². The molecule has 102 valence electrons. The molecule has 1 aliphatic rings. The van der Waals surface area contributed by atoms with Gasteiger partial charge in [0.1, 0.15) is 0 Å². The van der Waals surface area contributed by atoms with Crippen molar-refractivity contribution in [2.45, 2.75) is 26.1 Å². The van der Waals surface area contributed by atoms with Gasteiger partial charge in [0.25, 0.3) is 0 Å². The van der Waals surface area contributed by atoms with Crippen molar-refractivity contribution in [2.24, 2.45) is 5.92 Å². The van der Waals surface area contributed by atoms with Crippen LogP contribution in [0.4, 0.5) is 13.2 Å². The van der Waals surface area contributed by atoms with Crippen molar-refractivity contribution in [1.82, 2.24) is 10.2 Å². The van der Waals surface area contributed by atoms with Crippen LogP contribution in [0.15, 0.2) is 0 Å². The molecule has 2 atom stereocenters. The zero-order chi connectivity index (χ0) is 12.9. The average Bonchev–Trinajstić information content (AvgIpc) is 2.42. The molecule has 6 heteroatoms. The Balaban J connectivity index is 2.48. The Morgan fingerprint density at radius 3 is 2.76 bits per heavy atom. The van der Waals surface area contributed by atoms with E-state index in [4.69, 9.17) is 4.74 Å². The Morgan fingerprint density at radius 1 is 1.47 bits per heavy atom. The smallest absolute Gasteiger partial charge is 0.377 e. The number of ether oxygens (including phenoxy) is 1. The number of alkyl halides is 3. The molecule has 3 nitrogen and oxygen atoms in total. The summed E-state index contributed by atoms with van der Waals surface area (Å²) in [5, 5.41) is 2.84. The lowest BCUT2D eigenvalue weighted by molar-refractivity contribution is -0.176. The van der Waals surface area contributed by atoms with Crippen molar-refractivity contribution < 1.29 is 17.9 Å². The number of hydrogen-bond donors (Lipinski definition) is 1. The number of nitrogens with zero attached hydrogens (tertiary/aromatic N) is 1. The maximum absolute atomic E-state index is 12.7. The van der Waals surface area contributed by atoms with Gasteiger partial charge in [-0.15, -0.1) is 0 Å². The van der Waals surface area contributed by atoms with Crippen molar-refractivity contribution in [3.8, 4) is 0 Å². The summed E-state index contributed by atoms with van der Waals surface area (Å²) >= 11 is 0. The maximum atomic E-state index is 12.7. The lowest BCUT2D eigenvalue weighted by Crippen LogP contribution is -2.40. The van der Waals surface area contributed by atoms with Crippen LogP contribution in [0, 0.1) is 5.92 Å². The lowest BCUT2D eigenvalue weighted by Gasteiger charge is -2.27. The molecule has 0 radical (unpaired) electrons. The molecule has 0 bridgehead atoms. The normalized spacial score (nSPS) is 25.6. The van der Waals surface area contributed by atoms with Crippen LogP contribution >= 0.6 is 0 Å². The number of rotatable bonds is 4. The minimum Gasteiger partial charge on any atom is -0.377 e. The van der Waals surface area contributed by atoms with E-state index >= 15 is 0 Å². The molecule has 2 unspecified atom stereocenters. The van der Waals surface area contributed by atoms with Gasteiger partial charge < -0.3 is 10.1 Å². The number of halogens is 3. The summed E-state index contributed by atoms with van der Waals surface area (Å²) in [4.78, 5) is 1.83. The fourth-order valence-corrected chi connectivity index (χ4v) is 2.07. The zero-order valence-electron chi connectivity index (χ0n) is 10.4. The highest BCUT2D eigenvalue weighted by atomic mass is 19.4. The van der Waals surface area contributed by atoms with Crippen LogP contribution in [-0.4, -0.2) is 56.5 Å². The first-order chi connectivity index (χ1) is 7.93. The second-order valence-electron chi connectivity index (χ2n) is 4.47. The highest BCUT2D eigenvalue weighted by Gasteiger charge is 2.41. The SMILES string of the molecule is CCOC(C)CN1CCNCC(C(F)(F)F)C1. The molecule has 0 amide bonds. The van der Waals surface area contributed by atoms with E-state index in [0.29, 0.717) is 26.2 Å². The minimum atomic E-state index is -4.12. The molecule has 1 saturated heterocycles. The molecule has 0 aromatic carbocycles. The van der Waals surface area contributed by atoms with E-state index in [1.54, 1.807) is 0 Å². The van der Waals surface area contributed by atoms with Gasteiger partial charge in [-0.1, -0.05) is 0 Å². The van der Waals surface area contributed by atoms with Crippen LogP contribution in [0.1, 0.15) is 13.8 Å². The molecule has 0 aromatic heterocycles. The first-order valence-electron chi connectivity index (χ1n) is 6.04. The van der Waals surface area contributed by atoms with Gasteiger partial charge in [-0.25, -0.2) is 0 Å². The summed E-state index contributed by atoms with van der Waals surface area (Å²) in [6.07, 6.45) is -4.14. The van der Waals surface area contributed by atoms with E-state index in [9.17, 15) is 13.2 Å². The summed E-state index contributed by atoms with van der Waals surface area (Å²) in [7, 11) is 0. The third-order valence-electron chi connectivity index (χ3n) is 2.90. The second-order valence-corrected chi connectivity index (χ2v) is 4.47. The monoisotopic (exact) mass is 254 g/mol. The Bertz CT molecular complexity index is 223. The van der Waals surface area contributed by atoms with Crippen LogP contribution < -0.4 is 5.32 Å². The van der Waals surface area contributed by atoms with Gasteiger partial charge >= 0.3 is 6.18 Å². The molecule has 1 N–H and O–H groups in total. The predicted molar refractivity (Wildman–Crippen MR) is 59.9 cm³/mol. The highest BCUT2D eigenvalue weighted by Crippen LogP contribution is 2.27. The number of hydrogen-bond acceptors (Lipinski definition) is 3. The van der Waals surface area contributed by atoms with Gasteiger partial charge in [-0.05, 0) is 13.8 Å². The maximum Gasteiger partial charge on any atom is 0.394 e. The highest BCUT2D eigenvalue weighted by molar-refractivity contribution is 4.79. The quantitative estimate of drug-likeness (QED) is 0.822. The summed E-state index contributed by atoms with van der Waals surface area (Å²) in [6, 6.07) is 0. The minimum absolute atomic E-state index is 0.0169. The molecule has 17 heavy (non-hydrogen) atoms. The molecule has 0 aliphatic carbocycles. The topological polar surface area (TPSA) is 24.5 Å². The summed E-state index contributed by atoms with van der Waals surface area (Å²) in [5.74, 6) is -1.28. The van der Waals surface area contributed by atoms with Crippen molar-refractivity contribution in [1.29, 1.82) is 0 Å². The molecule has 1 rings (SSSR count). The second kappa shape index (κ2) is 6.56. The van der Waals surface area contributed by atoms with Gasteiger partial charge in [0.15, 0.2) is 0 Å². The average molecular weight is 254 g/mol. The van der Waals surface area contributed by atoms with Crippen molar-refractivity contribution in [3.05, 3.63) is 0 Å². The van der Waals surface area contributed by atoms with E-state index in [2.05, 4.69) is 5.32 Å². The van der Waals surface area contributed by atoms with E-state index in [1.807, 2.05) is 18.7 Å². The third-order valence-corrected chi connectivity index (χ3v) is 2.90. The van der Waals surface area contributed by atoms with Crippen molar-refractivity contribution >= 4 is 0 Å². The first kappa shape index (κ1) is 14.7. The van der Waals surface area contributed by atoms with Gasteiger partial charge in [-0.3, -0.25) is 4.90 Å². The standard InChI is InChI=1S/C11H21F3N2O/c1-3-17-9(2)7-16-5-4-15-6-10(8-16)11(12,13)14/h9-10,15H,3-8H2,1-2H3. The largest absolute Gasteiger partial charge is 0.394 e. The molecule has 1 fully saturated rings. The molecule has 1 aliphatic heterocycles.